The lowest BCUT2D eigenvalue weighted by Crippen LogP contribution is -2.17. The van der Waals surface area contributed by atoms with E-state index in [0.717, 1.165) is 18.7 Å². The number of carboxylic acid groups (broad SMARTS) is 1. The zero-order chi connectivity index (χ0) is 13.8. The van der Waals surface area contributed by atoms with Gasteiger partial charge in [0.1, 0.15) is 0 Å². The molecule has 4 heteroatoms. The largest absolute Gasteiger partial charge is 0.478 e. The lowest BCUT2D eigenvalue weighted by atomic mass is 10.0. The Morgan fingerprint density at radius 3 is 2.68 bits per heavy atom. The summed E-state index contributed by atoms with van der Waals surface area (Å²) in [4.78, 5) is 14.5. The molecule has 0 saturated carbocycles. The first-order valence-corrected chi connectivity index (χ1v) is 6.98. The van der Waals surface area contributed by atoms with Gasteiger partial charge < -0.3 is 5.11 Å². The minimum absolute atomic E-state index is 0.349. The van der Waals surface area contributed by atoms with Gasteiger partial charge in [-0.1, -0.05) is 12.1 Å². The van der Waals surface area contributed by atoms with Crippen molar-refractivity contribution in [3.05, 3.63) is 57.3 Å². The fraction of sp³-hybridized carbons (Fsp3) is 0.267. The maximum absolute atomic E-state index is 10.9. The van der Waals surface area contributed by atoms with Crippen LogP contribution in [0.1, 0.15) is 26.4 Å². The highest BCUT2D eigenvalue weighted by Crippen LogP contribution is 2.16. The van der Waals surface area contributed by atoms with Gasteiger partial charge in [0.25, 0.3) is 0 Å². The van der Waals surface area contributed by atoms with E-state index in [4.69, 9.17) is 5.11 Å². The molecular formula is C15H17NO2S. The molecule has 0 atom stereocenters. The molecule has 2 rings (SSSR count). The van der Waals surface area contributed by atoms with E-state index in [-0.39, 0.29) is 0 Å². The van der Waals surface area contributed by atoms with Crippen molar-refractivity contribution in [3.8, 4) is 0 Å². The van der Waals surface area contributed by atoms with Crippen molar-refractivity contribution in [2.75, 3.05) is 7.05 Å². The maximum Gasteiger partial charge on any atom is 0.335 e. The molecule has 0 radical (unpaired) electrons. The van der Waals surface area contributed by atoms with E-state index in [1.165, 1.54) is 10.4 Å². The van der Waals surface area contributed by atoms with E-state index < -0.39 is 5.97 Å². The normalized spacial score (nSPS) is 10.9. The van der Waals surface area contributed by atoms with Crippen LogP contribution in [0.5, 0.6) is 0 Å². The third-order valence-electron chi connectivity index (χ3n) is 3.04. The fourth-order valence-electron chi connectivity index (χ4n) is 2.02. The SMILES string of the molecule is Cc1cc(C(=O)O)ccc1CN(C)Cc1cccs1. The average Bonchev–Trinajstić information content (AvgIpc) is 2.84. The predicted molar refractivity (Wildman–Crippen MR) is 77.6 cm³/mol. The van der Waals surface area contributed by atoms with E-state index in [2.05, 4.69) is 29.5 Å². The van der Waals surface area contributed by atoms with Crippen molar-refractivity contribution in [1.82, 2.24) is 4.90 Å². The molecule has 0 amide bonds. The quantitative estimate of drug-likeness (QED) is 0.909. The summed E-state index contributed by atoms with van der Waals surface area (Å²) in [5.74, 6) is -0.874. The Kier molecular flexibility index (Phi) is 4.35. The molecule has 0 aliphatic heterocycles. The molecule has 0 fully saturated rings. The second-order valence-corrected chi connectivity index (χ2v) is 5.73. The number of thiophene rings is 1. The number of benzene rings is 1. The first-order valence-electron chi connectivity index (χ1n) is 6.10. The smallest absolute Gasteiger partial charge is 0.335 e. The number of aryl methyl sites for hydroxylation is 1. The van der Waals surface area contributed by atoms with Crippen molar-refractivity contribution in [1.29, 1.82) is 0 Å². The molecule has 1 N–H and O–H groups in total. The molecule has 0 aliphatic rings. The second-order valence-electron chi connectivity index (χ2n) is 4.70. The van der Waals surface area contributed by atoms with Gasteiger partial charge in [-0.2, -0.15) is 0 Å². The van der Waals surface area contributed by atoms with E-state index in [1.807, 2.05) is 13.0 Å². The molecule has 0 aliphatic carbocycles. The third-order valence-corrected chi connectivity index (χ3v) is 3.90. The predicted octanol–water partition coefficient (Wildman–Crippen LogP) is 3.39. The summed E-state index contributed by atoms with van der Waals surface area (Å²) in [6.45, 7) is 3.70. The minimum atomic E-state index is -0.874. The van der Waals surface area contributed by atoms with Crippen molar-refractivity contribution < 1.29 is 9.90 Å². The van der Waals surface area contributed by atoms with Gasteiger partial charge in [0.2, 0.25) is 0 Å². The van der Waals surface area contributed by atoms with E-state index in [9.17, 15) is 4.79 Å². The van der Waals surface area contributed by atoms with E-state index in [0.29, 0.717) is 5.56 Å². The number of hydrogen-bond acceptors (Lipinski definition) is 3. The first kappa shape index (κ1) is 13.8. The lowest BCUT2D eigenvalue weighted by molar-refractivity contribution is 0.0697. The molecule has 0 spiro atoms. The van der Waals surface area contributed by atoms with Crippen LogP contribution < -0.4 is 0 Å². The molecule has 100 valence electrons. The molecule has 1 aromatic heterocycles. The van der Waals surface area contributed by atoms with Gasteiger partial charge in [-0.25, -0.2) is 4.79 Å². The van der Waals surface area contributed by atoms with Crippen LogP contribution in [-0.4, -0.2) is 23.0 Å². The van der Waals surface area contributed by atoms with Crippen molar-refractivity contribution in [2.45, 2.75) is 20.0 Å². The standard InChI is InChI=1S/C15H17NO2S/c1-11-8-12(15(17)18)5-6-13(11)9-16(2)10-14-4-3-7-19-14/h3-8H,9-10H2,1-2H3,(H,17,18). The highest BCUT2D eigenvalue weighted by molar-refractivity contribution is 7.09. The molecule has 0 unspecified atom stereocenters. The Labute approximate surface area is 117 Å². The maximum atomic E-state index is 10.9. The topological polar surface area (TPSA) is 40.5 Å². The molecule has 0 bridgehead atoms. The molecule has 0 saturated heterocycles. The number of nitrogens with zero attached hydrogens (tertiary/aromatic N) is 1. The van der Waals surface area contributed by atoms with E-state index in [1.54, 1.807) is 23.5 Å². The van der Waals surface area contributed by atoms with Crippen molar-refractivity contribution >= 4 is 17.3 Å². The number of carbonyl (C=O) groups is 1. The van der Waals surface area contributed by atoms with Gasteiger partial charge in [0, 0.05) is 18.0 Å². The van der Waals surface area contributed by atoms with Crippen molar-refractivity contribution in [2.24, 2.45) is 0 Å². The summed E-state index contributed by atoms with van der Waals surface area (Å²) in [6.07, 6.45) is 0. The number of aromatic carboxylic acids is 1. The van der Waals surface area contributed by atoms with Crippen LogP contribution in [0.25, 0.3) is 0 Å². The van der Waals surface area contributed by atoms with Crippen molar-refractivity contribution in [3.63, 3.8) is 0 Å². The molecule has 2 aromatic rings. The third kappa shape index (κ3) is 3.66. The van der Waals surface area contributed by atoms with Gasteiger partial charge in [0.15, 0.2) is 0 Å². The van der Waals surface area contributed by atoms with Gasteiger partial charge in [-0.05, 0) is 48.7 Å². The highest BCUT2D eigenvalue weighted by atomic mass is 32.1. The van der Waals surface area contributed by atoms with Crippen LogP contribution in [0, 0.1) is 6.92 Å². The summed E-state index contributed by atoms with van der Waals surface area (Å²) in [5, 5.41) is 11.0. The highest BCUT2D eigenvalue weighted by Gasteiger charge is 2.08. The zero-order valence-electron chi connectivity index (χ0n) is 11.1. The number of hydrogen-bond donors (Lipinski definition) is 1. The number of carboxylic acids is 1. The monoisotopic (exact) mass is 275 g/mol. The van der Waals surface area contributed by atoms with Crippen LogP contribution in [0.3, 0.4) is 0 Å². The van der Waals surface area contributed by atoms with Crippen LogP contribution in [0.15, 0.2) is 35.7 Å². The zero-order valence-corrected chi connectivity index (χ0v) is 11.9. The summed E-state index contributed by atoms with van der Waals surface area (Å²) in [5.41, 5.74) is 2.55. The fourth-order valence-corrected chi connectivity index (χ4v) is 2.81. The van der Waals surface area contributed by atoms with Gasteiger partial charge in [-0.3, -0.25) is 4.90 Å². The molecule has 1 aromatic carbocycles. The summed E-state index contributed by atoms with van der Waals surface area (Å²) in [6, 6.07) is 9.49. The van der Waals surface area contributed by atoms with Crippen LogP contribution in [0.2, 0.25) is 0 Å². The molecule has 3 nitrogen and oxygen atoms in total. The number of rotatable bonds is 5. The lowest BCUT2D eigenvalue weighted by Gasteiger charge is -2.17. The van der Waals surface area contributed by atoms with Gasteiger partial charge >= 0.3 is 5.97 Å². The van der Waals surface area contributed by atoms with Crippen LogP contribution >= 0.6 is 11.3 Å². The minimum Gasteiger partial charge on any atom is -0.478 e. The van der Waals surface area contributed by atoms with E-state index >= 15 is 0 Å². The average molecular weight is 275 g/mol. The molecular weight excluding hydrogens is 258 g/mol. The Morgan fingerprint density at radius 2 is 2.11 bits per heavy atom. The summed E-state index contributed by atoms with van der Waals surface area (Å²) in [7, 11) is 2.07. The Morgan fingerprint density at radius 1 is 1.32 bits per heavy atom. The van der Waals surface area contributed by atoms with Crippen LogP contribution in [0.4, 0.5) is 0 Å². The Bertz CT molecular complexity index is 564. The Balaban J connectivity index is 2.04. The Hall–Kier alpha value is -1.65. The van der Waals surface area contributed by atoms with Gasteiger partial charge in [0.05, 0.1) is 5.56 Å². The van der Waals surface area contributed by atoms with Crippen LogP contribution in [-0.2, 0) is 13.1 Å². The summed E-state index contributed by atoms with van der Waals surface area (Å²) >= 11 is 1.75. The first-order chi connectivity index (χ1) is 9.06. The summed E-state index contributed by atoms with van der Waals surface area (Å²) < 4.78 is 0. The second kappa shape index (κ2) is 5.99. The van der Waals surface area contributed by atoms with Gasteiger partial charge in [-0.15, -0.1) is 11.3 Å². The molecule has 19 heavy (non-hydrogen) atoms. The molecule has 1 heterocycles.